The fourth-order valence-corrected chi connectivity index (χ4v) is 1.98. The molecule has 1 aromatic heterocycles. The number of aromatic nitrogens is 1. The van der Waals surface area contributed by atoms with Gasteiger partial charge in [-0.3, -0.25) is 9.59 Å². The van der Waals surface area contributed by atoms with E-state index in [9.17, 15) is 9.59 Å². The molecule has 2 aromatic rings. The lowest BCUT2D eigenvalue weighted by molar-refractivity contribution is -0.118. The van der Waals surface area contributed by atoms with Gasteiger partial charge in [-0.15, -0.1) is 0 Å². The molecule has 94 valence electrons. The van der Waals surface area contributed by atoms with Crippen molar-refractivity contribution in [3.8, 4) is 5.75 Å². The van der Waals surface area contributed by atoms with Crippen molar-refractivity contribution in [1.29, 1.82) is 0 Å². The molecule has 1 amide bonds. The Morgan fingerprint density at radius 3 is 2.67 bits per heavy atom. The van der Waals surface area contributed by atoms with Crippen LogP contribution in [0.25, 0.3) is 10.9 Å². The molecule has 0 unspecified atom stereocenters. The van der Waals surface area contributed by atoms with Crippen LogP contribution in [0, 0.1) is 0 Å². The van der Waals surface area contributed by atoms with Gasteiger partial charge in [-0.25, -0.2) is 0 Å². The monoisotopic (exact) mass is 246 g/mol. The summed E-state index contributed by atoms with van der Waals surface area (Å²) >= 11 is 0. The highest BCUT2D eigenvalue weighted by Crippen LogP contribution is 2.26. The molecule has 0 saturated heterocycles. The second-order valence-corrected chi connectivity index (χ2v) is 4.08. The van der Waals surface area contributed by atoms with Crippen LogP contribution >= 0.6 is 0 Å². The van der Waals surface area contributed by atoms with Crippen LogP contribution in [0.1, 0.15) is 17.3 Å². The molecular weight excluding hydrogens is 232 g/mol. The second kappa shape index (κ2) is 4.52. The second-order valence-electron chi connectivity index (χ2n) is 4.08. The Labute approximate surface area is 104 Å². The molecule has 0 spiro atoms. The molecule has 18 heavy (non-hydrogen) atoms. The Hall–Kier alpha value is -2.30. The van der Waals surface area contributed by atoms with E-state index in [-0.39, 0.29) is 12.3 Å². The molecule has 0 aliphatic carbocycles. The van der Waals surface area contributed by atoms with Crippen molar-refractivity contribution in [2.24, 2.45) is 5.73 Å². The number of nitrogens with zero attached hydrogens (tertiary/aromatic N) is 1. The van der Waals surface area contributed by atoms with Gasteiger partial charge in [0, 0.05) is 22.7 Å². The third kappa shape index (κ3) is 2.07. The Morgan fingerprint density at radius 2 is 2.11 bits per heavy atom. The molecule has 2 rings (SSSR count). The maximum atomic E-state index is 11.6. The number of Topliss-reactive ketones (excluding diaryl/α,β-unsaturated/α-hetero) is 1. The summed E-state index contributed by atoms with van der Waals surface area (Å²) in [7, 11) is 1.56. The summed E-state index contributed by atoms with van der Waals surface area (Å²) in [6.45, 7) is 1.54. The number of amides is 1. The standard InChI is InChI=1S/C13H14N2O3/c1-8(16)11-6-15(7-13(14)17)12-4-3-9(18-2)5-10(11)12/h3-6H,7H2,1-2H3,(H2,14,17). The SMILES string of the molecule is COc1ccc2c(c1)c(C(C)=O)cn2CC(N)=O. The van der Waals surface area contributed by atoms with Crippen LogP contribution in [0.15, 0.2) is 24.4 Å². The van der Waals surface area contributed by atoms with Crippen LogP contribution in [0.5, 0.6) is 5.75 Å². The highest BCUT2D eigenvalue weighted by atomic mass is 16.5. The molecule has 0 saturated carbocycles. The molecule has 0 bridgehead atoms. The fourth-order valence-electron chi connectivity index (χ4n) is 1.98. The number of primary amides is 1. The summed E-state index contributed by atoms with van der Waals surface area (Å²) in [5, 5.41) is 0.767. The fraction of sp³-hybridized carbons (Fsp3) is 0.231. The van der Waals surface area contributed by atoms with Crippen molar-refractivity contribution >= 4 is 22.6 Å². The minimum atomic E-state index is -0.446. The quantitative estimate of drug-likeness (QED) is 0.827. The van der Waals surface area contributed by atoms with E-state index in [1.807, 2.05) is 6.07 Å². The summed E-state index contributed by atoms with van der Waals surface area (Å²) in [4.78, 5) is 22.6. The van der Waals surface area contributed by atoms with Crippen LogP contribution < -0.4 is 10.5 Å². The number of hydrogen-bond donors (Lipinski definition) is 1. The topological polar surface area (TPSA) is 74.3 Å². The van der Waals surface area contributed by atoms with Crippen LogP contribution in [-0.2, 0) is 11.3 Å². The zero-order chi connectivity index (χ0) is 13.3. The number of hydrogen-bond acceptors (Lipinski definition) is 3. The molecule has 5 heteroatoms. The molecule has 1 heterocycles. The van der Waals surface area contributed by atoms with E-state index in [1.54, 1.807) is 30.0 Å². The molecule has 0 aliphatic heterocycles. The number of methoxy groups -OCH3 is 1. The Kier molecular flexibility index (Phi) is 3.06. The number of carbonyl (C=O) groups is 2. The zero-order valence-electron chi connectivity index (χ0n) is 10.3. The minimum absolute atomic E-state index is 0.0517. The Morgan fingerprint density at radius 1 is 1.39 bits per heavy atom. The van der Waals surface area contributed by atoms with E-state index in [0.717, 1.165) is 10.9 Å². The van der Waals surface area contributed by atoms with Gasteiger partial charge in [-0.05, 0) is 25.1 Å². The van der Waals surface area contributed by atoms with E-state index < -0.39 is 5.91 Å². The highest BCUT2D eigenvalue weighted by Gasteiger charge is 2.13. The lowest BCUT2D eigenvalue weighted by Gasteiger charge is -2.03. The minimum Gasteiger partial charge on any atom is -0.497 e. The van der Waals surface area contributed by atoms with Gasteiger partial charge in [0.2, 0.25) is 5.91 Å². The lowest BCUT2D eigenvalue weighted by Crippen LogP contribution is -2.17. The number of nitrogens with two attached hydrogens (primary N) is 1. The number of fused-ring (bicyclic) bond motifs is 1. The van der Waals surface area contributed by atoms with Gasteiger partial charge in [-0.1, -0.05) is 0 Å². The molecular formula is C13H14N2O3. The summed E-state index contributed by atoms with van der Waals surface area (Å²) in [6.07, 6.45) is 1.65. The van der Waals surface area contributed by atoms with Gasteiger partial charge in [0.05, 0.1) is 7.11 Å². The first kappa shape index (κ1) is 12.2. The summed E-state index contributed by atoms with van der Waals surface area (Å²) in [6, 6.07) is 5.37. The predicted molar refractivity (Wildman–Crippen MR) is 67.7 cm³/mol. The first-order valence-corrected chi connectivity index (χ1v) is 5.49. The van der Waals surface area contributed by atoms with Crippen LogP contribution in [0.4, 0.5) is 0 Å². The zero-order valence-corrected chi connectivity index (χ0v) is 10.3. The van der Waals surface area contributed by atoms with E-state index in [1.165, 1.54) is 6.92 Å². The lowest BCUT2D eigenvalue weighted by atomic mass is 10.1. The van der Waals surface area contributed by atoms with Gasteiger partial charge in [0.1, 0.15) is 12.3 Å². The first-order valence-electron chi connectivity index (χ1n) is 5.49. The number of rotatable bonds is 4. The van der Waals surface area contributed by atoms with Crippen molar-refractivity contribution in [1.82, 2.24) is 4.57 Å². The average Bonchev–Trinajstić information content (AvgIpc) is 2.66. The van der Waals surface area contributed by atoms with Gasteiger partial charge in [0.15, 0.2) is 5.78 Å². The molecule has 1 aromatic carbocycles. The molecule has 5 nitrogen and oxygen atoms in total. The average molecular weight is 246 g/mol. The third-order valence-electron chi connectivity index (χ3n) is 2.79. The predicted octanol–water partition coefficient (Wildman–Crippen LogP) is 1.34. The van der Waals surface area contributed by atoms with Crippen molar-refractivity contribution in [3.63, 3.8) is 0 Å². The van der Waals surface area contributed by atoms with Crippen molar-refractivity contribution < 1.29 is 14.3 Å². The molecule has 0 fully saturated rings. The number of carbonyl (C=O) groups excluding carboxylic acids is 2. The van der Waals surface area contributed by atoms with Gasteiger partial charge < -0.3 is 15.0 Å². The van der Waals surface area contributed by atoms with E-state index in [0.29, 0.717) is 11.3 Å². The van der Waals surface area contributed by atoms with Gasteiger partial charge >= 0.3 is 0 Å². The van der Waals surface area contributed by atoms with Crippen LogP contribution in [0.2, 0.25) is 0 Å². The molecule has 0 aliphatic rings. The van der Waals surface area contributed by atoms with Crippen LogP contribution in [-0.4, -0.2) is 23.4 Å². The number of ketones is 1. The van der Waals surface area contributed by atoms with Crippen molar-refractivity contribution in [2.45, 2.75) is 13.5 Å². The molecule has 0 atom stereocenters. The maximum absolute atomic E-state index is 11.6. The smallest absolute Gasteiger partial charge is 0.237 e. The molecule has 2 N–H and O–H groups in total. The van der Waals surface area contributed by atoms with Crippen molar-refractivity contribution in [2.75, 3.05) is 7.11 Å². The number of ether oxygens (including phenoxy) is 1. The third-order valence-corrected chi connectivity index (χ3v) is 2.79. The highest BCUT2D eigenvalue weighted by molar-refractivity contribution is 6.07. The largest absolute Gasteiger partial charge is 0.497 e. The number of benzene rings is 1. The molecule has 0 radical (unpaired) electrons. The Balaban J connectivity index is 2.67. The summed E-state index contributed by atoms with van der Waals surface area (Å²) in [5.41, 5.74) is 6.54. The maximum Gasteiger partial charge on any atom is 0.237 e. The van der Waals surface area contributed by atoms with E-state index >= 15 is 0 Å². The van der Waals surface area contributed by atoms with Crippen molar-refractivity contribution in [3.05, 3.63) is 30.0 Å². The summed E-state index contributed by atoms with van der Waals surface area (Å²) < 4.78 is 6.81. The van der Waals surface area contributed by atoms with Gasteiger partial charge in [0.25, 0.3) is 0 Å². The van der Waals surface area contributed by atoms with Gasteiger partial charge in [-0.2, -0.15) is 0 Å². The summed E-state index contributed by atoms with van der Waals surface area (Å²) in [5.74, 6) is 0.163. The van der Waals surface area contributed by atoms with E-state index in [2.05, 4.69) is 0 Å². The first-order chi connectivity index (χ1) is 8.52. The van der Waals surface area contributed by atoms with E-state index in [4.69, 9.17) is 10.5 Å². The Bertz CT molecular complexity index is 628. The normalized spacial score (nSPS) is 10.6. The van der Waals surface area contributed by atoms with Crippen LogP contribution in [0.3, 0.4) is 0 Å².